The predicted octanol–water partition coefficient (Wildman–Crippen LogP) is 5.02. The Balaban J connectivity index is 1.78. The van der Waals surface area contributed by atoms with Gasteiger partial charge < -0.3 is 9.47 Å². The minimum absolute atomic E-state index is 0.247. The molecule has 0 unspecified atom stereocenters. The van der Waals surface area contributed by atoms with Crippen LogP contribution in [0.5, 0.6) is 0 Å². The summed E-state index contributed by atoms with van der Waals surface area (Å²) in [6.45, 7) is 10.3. The zero-order valence-electron chi connectivity index (χ0n) is 16.6. The van der Waals surface area contributed by atoms with Gasteiger partial charge in [0, 0.05) is 30.4 Å². The highest BCUT2D eigenvalue weighted by molar-refractivity contribution is 5.79. The van der Waals surface area contributed by atoms with Crippen molar-refractivity contribution < 1.29 is 4.79 Å². The maximum absolute atomic E-state index is 13.0. The number of hydrogen-bond donors (Lipinski definition) is 0. The molecular formula is C23H32N2O. The lowest BCUT2D eigenvalue weighted by atomic mass is 9.83. The third-order valence-corrected chi connectivity index (χ3v) is 5.89. The van der Waals surface area contributed by atoms with E-state index in [1.54, 1.807) is 0 Å². The number of benzene rings is 1. The topological polar surface area (TPSA) is 25.2 Å². The number of rotatable bonds is 7. The Bertz CT molecular complexity index is 742. The molecule has 0 N–H and O–H groups in total. The van der Waals surface area contributed by atoms with E-state index in [1.807, 2.05) is 0 Å². The molecule has 0 aliphatic heterocycles. The van der Waals surface area contributed by atoms with E-state index < -0.39 is 0 Å². The average molecular weight is 353 g/mol. The Morgan fingerprint density at radius 3 is 2.58 bits per heavy atom. The van der Waals surface area contributed by atoms with E-state index in [2.05, 4.69) is 79.8 Å². The van der Waals surface area contributed by atoms with Crippen molar-refractivity contribution in [2.45, 2.75) is 66.1 Å². The zero-order valence-corrected chi connectivity index (χ0v) is 16.6. The van der Waals surface area contributed by atoms with Gasteiger partial charge in [0.05, 0.1) is 6.54 Å². The quantitative estimate of drug-likeness (QED) is 0.687. The van der Waals surface area contributed by atoms with Gasteiger partial charge in [0.15, 0.2) is 0 Å². The van der Waals surface area contributed by atoms with Gasteiger partial charge in [-0.15, -0.1) is 0 Å². The molecule has 0 saturated heterocycles. The molecule has 1 amide bonds. The van der Waals surface area contributed by atoms with E-state index in [9.17, 15) is 4.79 Å². The van der Waals surface area contributed by atoms with Gasteiger partial charge in [-0.3, -0.25) is 4.79 Å². The predicted molar refractivity (Wildman–Crippen MR) is 107 cm³/mol. The minimum Gasteiger partial charge on any atom is -0.345 e. The van der Waals surface area contributed by atoms with Gasteiger partial charge in [-0.05, 0) is 50.3 Å². The maximum atomic E-state index is 13.0. The third-order valence-electron chi connectivity index (χ3n) is 5.89. The molecule has 3 heteroatoms. The number of hydrogen-bond acceptors (Lipinski definition) is 1. The SMILES string of the molecule is Cc1cccc(Cn2cccc2CN(C(=O)C2CCC2)[C@H](C)C(C)C)c1. The third kappa shape index (κ3) is 4.20. The van der Waals surface area contributed by atoms with Crippen LogP contribution in [0, 0.1) is 18.8 Å². The minimum atomic E-state index is 0.247. The van der Waals surface area contributed by atoms with E-state index in [-0.39, 0.29) is 12.0 Å². The van der Waals surface area contributed by atoms with Gasteiger partial charge in [-0.1, -0.05) is 50.1 Å². The summed E-state index contributed by atoms with van der Waals surface area (Å²) in [6, 6.07) is 13.2. The Morgan fingerprint density at radius 2 is 1.96 bits per heavy atom. The molecule has 0 bridgehead atoms. The Hall–Kier alpha value is -2.03. The van der Waals surface area contributed by atoms with Crippen molar-refractivity contribution in [3.8, 4) is 0 Å². The van der Waals surface area contributed by atoms with Crippen molar-refractivity contribution >= 4 is 5.91 Å². The monoisotopic (exact) mass is 352 g/mol. The van der Waals surface area contributed by atoms with Crippen LogP contribution in [0.15, 0.2) is 42.6 Å². The van der Waals surface area contributed by atoms with Crippen LogP contribution in [0.3, 0.4) is 0 Å². The first-order chi connectivity index (χ1) is 12.5. The molecule has 3 rings (SSSR count). The van der Waals surface area contributed by atoms with Gasteiger partial charge in [0.2, 0.25) is 5.91 Å². The second-order valence-corrected chi connectivity index (χ2v) is 8.20. The van der Waals surface area contributed by atoms with Crippen LogP contribution in [-0.4, -0.2) is 21.4 Å². The lowest BCUT2D eigenvalue weighted by molar-refractivity contribution is -0.142. The molecule has 1 fully saturated rings. The van der Waals surface area contributed by atoms with Crippen LogP contribution in [0.2, 0.25) is 0 Å². The fourth-order valence-corrected chi connectivity index (χ4v) is 3.60. The van der Waals surface area contributed by atoms with E-state index in [1.165, 1.54) is 23.2 Å². The summed E-state index contributed by atoms with van der Waals surface area (Å²) in [5, 5.41) is 0. The fourth-order valence-electron chi connectivity index (χ4n) is 3.60. The molecule has 140 valence electrons. The van der Waals surface area contributed by atoms with Crippen molar-refractivity contribution in [2.24, 2.45) is 11.8 Å². The smallest absolute Gasteiger partial charge is 0.226 e. The number of nitrogens with zero attached hydrogens (tertiary/aromatic N) is 2. The lowest BCUT2D eigenvalue weighted by Crippen LogP contribution is -2.45. The number of carbonyl (C=O) groups is 1. The van der Waals surface area contributed by atoms with Crippen molar-refractivity contribution in [1.82, 2.24) is 9.47 Å². The number of carbonyl (C=O) groups excluding carboxylic acids is 1. The van der Waals surface area contributed by atoms with E-state index in [0.717, 1.165) is 19.4 Å². The largest absolute Gasteiger partial charge is 0.345 e. The Morgan fingerprint density at radius 1 is 1.19 bits per heavy atom. The first-order valence-electron chi connectivity index (χ1n) is 9.95. The molecule has 26 heavy (non-hydrogen) atoms. The van der Waals surface area contributed by atoms with Crippen LogP contribution in [0.4, 0.5) is 0 Å². The molecule has 1 atom stereocenters. The zero-order chi connectivity index (χ0) is 18.7. The molecule has 0 radical (unpaired) electrons. The van der Waals surface area contributed by atoms with Gasteiger partial charge in [-0.2, -0.15) is 0 Å². The van der Waals surface area contributed by atoms with Crippen molar-refractivity contribution in [3.05, 3.63) is 59.4 Å². The fraction of sp³-hybridized carbons (Fsp3) is 0.522. The first kappa shape index (κ1) is 18.8. The van der Waals surface area contributed by atoms with Crippen LogP contribution in [-0.2, 0) is 17.9 Å². The number of aromatic nitrogens is 1. The van der Waals surface area contributed by atoms with Gasteiger partial charge in [-0.25, -0.2) is 0 Å². The maximum Gasteiger partial charge on any atom is 0.226 e. The summed E-state index contributed by atoms with van der Waals surface area (Å²) >= 11 is 0. The highest BCUT2D eigenvalue weighted by Crippen LogP contribution is 2.30. The Labute approximate surface area is 158 Å². The second kappa shape index (κ2) is 8.11. The molecule has 1 saturated carbocycles. The normalized spacial score (nSPS) is 15.7. The standard InChI is InChI=1S/C23H32N2O/c1-17(2)19(4)25(23(26)21-10-6-11-21)16-22-12-7-13-24(22)15-20-9-5-8-18(3)14-20/h5,7-9,12-14,17,19,21H,6,10-11,15-16H2,1-4H3/t19-/m1/s1. The summed E-state index contributed by atoms with van der Waals surface area (Å²) in [6.07, 6.45) is 5.45. The number of amides is 1. The summed E-state index contributed by atoms with van der Waals surface area (Å²) in [5.41, 5.74) is 3.80. The van der Waals surface area contributed by atoms with Gasteiger partial charge in [0.1, 0.15) is 0 Å². The Kier molecular flexibility index (Phi) is 5.85. The molecular weight excluding hydrogens is 320 g/mol. The molecule has 1 aromatic heterocycles. The molecule has 1 aromatic carbocycles. The second-order valence-electron chi connectivity index (χ2n) is 8.20. The van der Waals surface area contributed by atoms with Gasteiger partial charge >= 0.3 is 0 Å². The molecule has 3 nitrogen and oxygen atoms in total. The summed E-state index contributed by atoms with van der Waals surface area (Å²) in [7, 11) is 0. The molecule has 0 spiro atoms. The highest BCUT2D eigenvalue weighted by atomic mass is 16.2. The van der Waals surface area contributed by atoms with Crippen molar-refractivity contribution in [1.29, 1.82) is 0 Å². The van der Waals surface area contributed by atoms with Crippen LogP contribution < -0.4 is 0 Å². The van der Waals surface area contributed by atoms with Crippen LogP contribution in [0.1, 0.15) is 56.9 Å². The van der Waals surface area contributed by atoms with Crippen LogP contribution >= 0.6 is 0 Å². The van der Waals surface area contributed by atoms with Crippen molar-refractivity contribution in [3.63, 3.8) is 0 Å². The number of aryl methyl sites for hydroxylation is 1. The van der Waals surface area contributed by atoms with E-state index in [0.29, 0.717) is 18.4 Å². The molecule has 1 heterocycles. The summed E-state index contributed by atoms with van der Waals surface area (Å²) < 4.78 is 2.28. The highest BCUT2D eigenvalue weighted by Gasteiger charge is 2.32. The summed E-state index contributed by atoms with van der Waals surface area (Å²) in [4.78, 5) is 15.2. The molecule has 1 aliphatic carbocycles. The van der Waals surface area contributed by atoms with E-state index >= 15 is 0 Å². The van der Waals surface area contributed by atoms with Crippen LogP contribution in [0.25, 0.3) is 0 Å². The first-order valence-corrected chi connectivity index (χ1v) is 9.95. The summed E-state index contributed by atoms with van der Waals surface area (Å²) in [5.74, 6) is 1.05. The average Bonchev–Trinajstić information content (AvgIpc) is 2.97. The molecule has 2 aromatic rings. The van der Waals surface area contributed by atoms with E-state index in [4.69, 9.17) is 0 Å². The molecule has 1 aliphatic rings. The van der Waals surface area contributed by atoms with Gasteiger partial charge in [0.25, 0.3) is 0 Å². The lowest BCUT2D eigenvalue weighted by Gasteiger charge is -2.37. The van der Waals surface area contributed by atoms with Crippen molar-refractivity contribution in [2.75, 3.05) is 0 Å².